The van der Waals surface area contributed by atoms with Gasteiger partial charge in [0.05, 0.1) is 6.42 Å². The third kappa shape index (κ3) is 6.53. The first-order valence-electron chi connectivity index (χ1n) is 8.64. The number of carbonyl (C=O) groups excluding carboxylic acids is 2. The smallest absolute Gasteiger partial charge is 0.271 e. The minimum Gasteiger partial charge on any atom is -0.326 e. The van der Waals surface area contributed by atoms with Gasteiger partial charge >= 0.3 is 0 Å². The molecule has 0 radical (unpaired) electrons. The zero-order valence-electron chi connectivity index (χ0n) is 16.0. The highest BCUT2D eigenvalue weighted by Gasteiger charge is 2.14. The number of nitrogens with one attached hydrogen (secondary N) is 2. The molecule has 142 valence electrons. The summed E-state index contributed by atoms with van der Waals surface area (Å²) in [4.78, 5) is 24.2. The Bertz CT molecular complexity index is 835. The summed E-state index contributed by atoms with van der Waals surface area (Å²) in [7, 11) is 0. The third-order valence-corrected chi connectivity index (χ3v) is 4.16. The van der Waals surface area contributed by atoms with Crippen LogP contribution in [0, 0.1) is 0 Å². The van der Waals surface area contributed by atoms with E-state index in [0.29, 0.717) is 22.0 Å². The molecule has 2 aromatic carbocycles. The molecule has 0 aliphatic carbocycles. The van der Waals surface area contributed by atoms with Gasteiger partial charge in [-0.05, 0) is 54.3 Å². The van der Waals surface area contributed by atoms with Crippen molar-refractivity contribution in [3.63, 3.8) is 0 Å². The molecular weight excluding hydrogens is 362 g/mol. The number of carbonyl (C=O) groups is 2. The minimum atomic E-state index is -0.312. The molecule has 0 bridgehead atoms. The lowest BCUT2D eigenvalue weighted by Gasteiger charge is -2.18. The van der Waals surface area contributed by atoms with Crippen LogP contribution in [-0.2, 0) is 10.2 Å². The quantitative estimate of drug-likeness (QED) is 0.574. The SMILES string of the molecule is C/C(CC(=O)Nc1ccc(Cl)cc1)=N\NC(=O)c1ccc(C(C)(C)C)cc1. The second-order valence-electron chi connectivity index (χ2n) is 7.35. The van der Waals surface area contributed by atoms with Gasteiger partial charge < -0.3 is 5.32 Å². The lowest BCUT2D eigenvalue weighted by Crippen LogP contribution is -2.21. The Kier molecular flexibility index (Phi) is 6.75. The largest absolute Gasteiger partial charge is 0.326 e. The molecule has 0 spiro atoms. The van der Waals surface area contributed by atoms with Crippen LogP contribution in [0.4, 0.5) is 5.69 Å². The van der Waals surface area contributed by atoms with Crippen molar-refractivity contribution in [2.75, 3.05) is 5.32 Å². The van der Waals surface area contributed by atoms with Crippen molar-refractivity contribution in [3.8, 4) is 0 Å². The Morgan fingerprint density at radius 2 is 1.59 bits per heavy atom. The molecule has 0 heterocycles. The van der Waals surface area contributed by atoms with Crippen LogP contribution in [0.5, 0.6) is 0 Å². The van der Waals surface area contributed by atoms with E-state index >= 15 is 0 Å². The van der Waals surface area contributed by atoms with Gasteiger partial charge in [0.25, 0.3) is 5.91 Å². The van der Waals surface area contributed by atoms with Crippen LogP contribution in [0.2, 0.25) is 5.02 Å². The van der Waals surface area contributed by atoms with Gasteiger partial charge in [0.1, 0.15) is 0 Å². The molecule has 27 heavy (non-hydrogen) atoms. The van der Waals surface area contributed by atoms with E-state index < -0.39 is 0 Å². The lowest BCUT2D eigenvalue weighted by molar-refractivity contribution is -0.115. The lowest BCUT2D eigenvalue weighted by atomic mass is 9.87. The molecule has 0 unspecified atom stereocenters. The number of nitrogens with zero attached hydrogens (tertiary/aromatic N) is 1. The number of amides is 2. The molecule has 2 rings (SSSR count). The van der Waals surface area contributed by atoms with E-state index in [9.17, 15) is 9.59 Å². The van der Waals surface area contributed by atoms with E-state index in [1.807, 2.05) is 12.1 Å². The summed E-state index contributed by atoms with van der Waals surface area (Å²) < 4.78 is 0. The molecule has 0 aromatic heterocycles. The summed E-state index contributed by atoms with van der Waals surface area (Å²) in [5.41, 5.74) is 5.34. The number of hydrogen-bond donors (Lipinski definition) is 2. The van der Waals surface area contributed by atoms with Crippen molar-refractivity contribution in [1.29, 1.82) is 0 Å². The molecule has 2 aromatic rings. The Hall–Kier alpha value is -2.66. The van der Waals surface area contributed by atoms with Crippen LogP contribution < -0.4 is 10.7 Å². The third-order valence-electron chi connectivity index (χ3n) is 3.91. The Balaban J connectivity index is 1.89. The molecule has 0 atom stereocenters. The number of anilines is 1. The van der Waals surface area contributed by atoms with Gasteiger partial charge in [-0.1, -0.05) is 44.5 Å². The van der Waals surface area contributed by atoms with Gasteiger partial charge in [0.2, 0.25) is 5.91 Å². The molecule has 0 aliphatic heterocycles. The van der Waals surface area contributed by atoms with Gasteiger partial charge in [-0.2, -0.15) is 5.10 Å². The molecule has 2 N–H and O–H groups in total. The normalized spacial score (nSPS) is 11.8. The van der Waals surface area contributed by atoms with E-state index in [1.165, 1.54) is 0 Å². The van der Waals surface area contributed by atoms with Crippen molar-refractivity contribution in [1.82, 2.24) is 5.43 Å². The highest BCUT2D eigenvalue weighted by atomic mass is 35.5. The van der Waals surface area contributed by atoms with Gasteiger partial charge in [-0.15, -0.1) is 0 Å². The summed E-state index contributed by atoms with van der Waals surface area (Å²) in [6.45, 7) is 8.03. The number of halogens is 1. The number of benzene rings is 2. The topological polar surface area (TPSA) is 70.6 Å². The molecule has 0 aliphatic rings. The fraction of sp³-hybridized carbons (Fsp3) is 0.286. The van der Waals surface area contributed by atoms with Gasteiger partial charge in [-0.3, -0.25) is 9.59 Å². The van der Waals surface area contributed by atoms with E-state index in [4.69, 9.17) is 11.6 Å². The predicted molar refractivity (Wildman–Crippen MR) is 110 cm³/mol. The van der Waals surface area contributed by atoms with Crippen LogP contribution in [0.3, 0.4) is 0 Å². The fourth-order valence-electron chi connectivity index (χ4n) is 2.34. The molecule has 0 saturated carbocycles. The molecule has 0 fully saturated rings. The fourth-order valence-corrected chi connectivity index (χ4v) is 2.47. The maximum atomic E-state index is 12.2. The first kappa shape index (κ1) is 20.6. The van der Waals surface area contributed by atoms with E-state index in [-0.39, 0.29) is 23.7 Å². The maximum absolute atomic E-state index is 12.2. The van der Waals surface area contributed by atoms with Crippen molar-refractivity contribution in [3.05, 3.63) is 64.7 Å². The molecular formula is C21H24ClN3O2. The van der Waals surface area contributed by atoms with Crippen molar-refractivity contribution < 1.29 is 9.59 Å². The predicted octanol–water partition coefficient (Wildman–Crippen LogP) is 4.77. The summed E-state index contributed by atoms with van der Waals surface area (Å²) >= 11 is 5.81. The molecule has 6 heteroatoms. The number of hydrogen-bond acceptors (Lipinski definition) is 3. The Labute approximate surface area is 164 Å². The van der Waals surface area contributed by atoms with Gasteiger partial charge in [-0.25, -0.2) is 5.43 Å². The summed E-state index contributed by atoms with van der Waals surface area (Å²) in [5.74, 6) is -0.532. The van der Waals surface area contributed by atoms with Gasteiger partial charge in [0.15, 0.2) is 0 Å². The summed E-state index contributed by atoms with van der Waals surface area (Å²) in [6, 6.07) is 14.2. The van der Waals surface area contributed by atoms with E-state index in [2.05, 4.69) is 36.6 Å². The van der Waals surface area contributed by atoms with Crippen molar-refractivity contribution in [2.24, 2.45) is 5.10 Å². The molecule has 2 amide bonds. The van der Waals surface area contributed by atoms with Crippen molar-refractivity contribution >= 4 is 34.8 Å². The number of hydrazone groups is 1. The van der Waals surface area contributed by atoms with Crippen LogP contribution >= 0.6 is 11.6 Å². The maximum Gasteiger partial charge on any atom is 0.271 e. The van der Waals surface area contributed by atoms with E-state index in [1.54, 1.807) is 43.3 Å². The van der Waals surface area contributed by atoms with Crippen LogP contribution in [-0.4, -0.2) is 17.5 Å². The first-order chi connectivity index (χ1) is 12.6. The second-order valence-corrected chi connectivity index (χ2v) is 7.78. The summed E-state index contributed by atoms with van der Waals surface area (Å²) in [6.07, 6.45) is 0.0753. The minimum absolute atomic E-state index is 0.0290. The van der Waals surface area contributed by atoms with E-state index in [0.717, 1.165) is 5.56 Å². The highest BCUT2D eigenvalue weighted by Crippen LogP contribution is 2.22. The van der Waals surface area contributed by atoms with Gasteiger partial charge in [0, 0.05) is 22.0 Å². The van der Waals surface area contributed by atoms with Crippen LogP contribution in [0.15, 0.2) is 53.6 Å². The zero-order valence-corrected chi connectivity index (χ0v) is 16.7. The van der Waals surface area contributed by atoms with Crippen molar-refractivity contribution in [2.45, 2.75) is 39.5 Å². The molecule has 0 saturated heterocycles. The van der Waals surface area contributed by atoms with Crippen LogP contribution in [0.25, 0.3) is 0 Å². The average Bonchev–Trinajstić information content (AvgIpc) is 2.61. The standard InChI is InChI=1S/C21H24ClN3O2/c1-14(13-19(26)23-18-11-9-17(22)10-12-18)24-25-20(27)15-5-7-16(8-6-15)21(2,3)4/h5-12H,13H2,1-4H3,(H,23,26)(H,25,27)/b24-14+. The summed E-state index contributed by atoms with van der Waals surface area (Å²) in [5, 5.41) is 7.35. The Morgan fingerprint density at radius 3 is 2.15 bits per heavy atom. The Morgan fingerprint density at radius 1 is 1.00 bits per heavy atom. The second kappa shape index (κ2) is 8.82. The number of rotatable bonds is 5. The zero-order chi connectivity index (χ0) is 20.0. The average molecular weight is 386 g/mol. The monoisotopic (exact) mass is 385 g/mol. The first-order valence-corrected chi connectivity index (χ1v) is 9.02. The molecule has 5 nitrogen and oxygen atoms in total. The van der Waals surface area contributed by atoms with Crippen LogP contribution in [0.1, 0.15) is 50.0 Å². The highest BCUT2D eigenvalue weighted by molar-refractivity contribution is 6.30.